The highest BCUT2D eigenvalue weighted by Gasteiger charge is 2.38. The molecule has 5 heterocycles. The summed E-state index contributed by atoms with van der Waals surface area (Å²) in [6.07, 6.45) is 8.46. The minimum atomic E-state index is -0.515. The Morgan fingerprint density at radius 3 is 1.84 bits per heavy atom. The van der Waals surface area contributed by atoms with E-state index in [0.29, 0.717) is 18.3 Å². The van der Waals surface area contributed by atoms with Crippen molar-refractivity contribution in [1.82, 2.24) is 8.96 Å². The molecule has 0 amide bonds. The summed E-state index contributed by atoms with van der Waals surface area (Å²) in [5.41, 5.74) is 3.57. The smallest absolute Gasteiger partial charge is 0.396 e. The fourth-order valence-corrected chi connectivity index (χ4v) is 5.96. The topological polar surface area (TPSA) is 68.5 Å². The monoisotopic (exact) mass is 490 g/mol. The second-order valence-corrected chi connectivity index (χ2v) is 9.86. The highest BCUT2D eigenvalue weighted by molar-refractivity contribution is 6.51. The molecule has 0 atom stereocenters. The number of aromatic nitrogens is 2. The fourth-order valence-electron chi connectivity index (χ4n) is 5.96. The van der Waals surface area contributed by atoms with E-state index in [2.05, 4.69) is 69.7 Å². The van der Waals surface area contributed by atoms with E-state index in [4.69, 9.17) is 24.6 Å². The summed E-state index contributed by atoms with van der Waals surface area (Å²) in [6, 6.07) is 24.8. The average Bonchev–Trinajstić information content (AvgIpc) is 3.73. The van der Waals surface area contributed by atoms with E-state index in [1.165, 1.54) is 0 Å². The van der Waals surface area contributed by atoms with Crippen LogP contribution < -0.4 is 11.0 Å². The Kier molecular flexibility index (Phi) is 3.93. The zero-order valence-electron chi connectivity index (χ0n) is 20.2. The van der Waals surface area contributed by atoms with Crippen LogP contribution in [0.3, 0.4) is 0 Å². The number of amidine groups is 2. The van der Waals surface area contributed by atoms with Crippen LogP contribution in [0.4, 0.5) is 11.6 Å². The van der Waals surface area contributed by atoms with Gasteiger partial charge in [0.15, 0.2) is 11.7 Å². The molecule has 0 radical (unpaired) electrons. The Balaban J connectivity index is 1.47. The molecule has 0 fully saturated rings. The van der Waals surface area contributed by atoms with Crippen molar-refractivity contribution in [2.45, 2.75) is 0 Å². The molecule has 4 bridgehead atoms. The van der Waals surface area contributed by atoms with Gasteiger partial charge in [0.25, 0.3) is 0 Å². The predicted octanol–water partition coefficient (Wildman–Crippen LogP) is 4.47. The third-order valence-electron chi connectivity index (χ3n) is 7.69. The first-order valence-electron chi connectivity index (χ1n) is 12.8. The summed E-state index contributed by atoms with van der Waals surface area (Å²) >= 11 is 0. The van der Waals surface area contributed by atoms with E-state index < -0.39 is 7.19 Å². The molecule has 4 aliphatic rings. The van der Waals surface area contributed by atoms with E-state index in [1.54, 1.807) is 0 Å². The molecule has 9 rings (SSSR count). The quantitative estimate of drug-likeness (QED) is 0.344. The summed E-state index contributed by atoms with van der Waals surface area (Å²) in [5.74, 6) is 3.14. The average molecular weight is 490 g/mol. The summed E-state index contributed by atoms with van der Waals surface area (Å²) in [6.45, 7) is 0.524. The number of aliphatic imine (C=N–C) groups is 2. The molecule has 3 aliphatic heterocycles. The summed E-state index contributed by atoms with van der Waals surface area (Å²) in [5, 5.41) is 4.10. The van der Waals surface area contributed by atoms with Crippen LogP contribution in [0.5, 0.6) is 0 Å². The third-order valence-corrected chi connectivity index (χ3v) is 7.69. The van der Waals surface area contributed by atoms with Gasteiger partial charge in [-0.05, 0) is 0 Å². The first-order chi connectivity index (χ1) is 18.8. The maximum absolute atomic E-state index is 6.79. The molecule has 5 aromatic rings. The van der Waals surface area contributed by atoms with Gasteiger partial charge in [-0.3, -0.25) is 0 Å². The third kappa shape index (κ3) is 2.62. The number of hydrogen-bond acceptors (Lipinski definition) is 5. The van der Waals surface area contributed by atoms with E-state index in [9.17, 15) is 0 Å². The van der Waals surface area contributed by atoms with E-state index in [0.717, 1.165) is 55.3 Å². The van der Waals surface area contributed by atoms with Crippen LogP contribution in [0, 0.1) is 5.92 Å². The van der Waals surface area contributed by atoms with Crippen molar-refractivity contribution < 1.29 is 4.65 Å². The molecule has 2 aromatic heterocycles. The number of nitrogens with zero attached hydrogens (tertiary/aromatic N) is 6. The second-order valence-electron chi connectivity index (χ2n) is 9.86. The van der Waals surface area contributed by atoms with Crippen molar-refractivity contribution in [2.75, 3.05) is 6.61 Å². The van der Waals surface area contributed by atoms with Crippen LogP contribution >= 0.6 is 0 Å². The molecule has 0 unspecified atom stereocenters. The van der Waals surface area contributed by atoms with Gasteiger partial charge in [0, 0.05) is 45.2 Å². The van der Waals surface area contributed by atoms with Gasteiger partial charge in [-0.15, -0.1) is 0 Å². The molecule has 0 spiro atoms. The van der Waals surface area contributed by atoms with Crippen LogP contribution in [0.1, 0.15) is 11.1 Å². The van der Waals surface area contributed by atoms with Gasteiger partial charge in [-0.25, -0.2) is 20.0 Å². The summed E-state index contributed by atoms with van der Waals surface area (Å²) < 4.78 is 11.0. The van der Waals surface area contributed by atoms with Crippen molar-refractivity contribution in [2.24, 2.45) is 25.9 Å². The van der Waals surface area contributed by atoms with Gasteiger partial charge in [0.1, 0.15) is 22.6 Å². The second kappa shape index (κ2) is 7.37. The highest BCUT2D eigenvalue weighted by Crippen LogP contribution is 2.40. The summed E-state index contributed by atoms with van der Waals surface area (Å²) in [4.78, 5) is 20.6. The molecule has 0 saturated heterocycles. The standard InChI is InChI=1S/C30H19BN6O/c1-2-10-18(9-1)17-38-31-36-27-21-13-5-7-15-23(21)29(36)35-30-24-16-8-6-14-22(24)28(37(30)31)34-26-20-12-4-3-11-19(20)25(32-26)33-27/h1-16,18H,17H2. The number of allylic oxidation sites excluding steroid dienone is 2. The molecule has 7 nitrogen and oxygen atoms in total. The van der Waals surface area contributed by atoms with Gasteiger partial charge in [-0.1, -0.05) is 97.1 Å². The Morgan fingerprint density at radius 2 is 1.16 bits per heavy atom. The zero-order valence-corrected chi connectivity index (χ0v) is 20.2. The van der Waals surface area contributed by atoms with Crippen LogP contribution in [0.2, 0.25) is 0 Å². The van der Waals surface area contributed by atoms with Crippen molar-refractivity contribution >= 4 is 52.0 Å². The number of benzene rings is 3. The Hall–Kier alpha value is -4.82. The summed E-state index contributed by atoms with van der Waals surface area (Å²) in [7, 11) is -0.515. The number of rotatable bonds is 3. The molecule has 8 heteroatoms. The van der Waals surface area contributed by atoms with Crippen LogP contribution in [-0.2, 0) is 4.65 Å². The molecular formula is C30H19BN6O. The first-order valence-corrected chi connectivity index (χ1v) is 12.8. The van der Waals surface area contributed by atoms with Gasteiger partial charge in [-0.2, -0.15) is 0 Å². The fraction of sp³-hybridized carbons (Fsp3) is 0.0667. The molecule has 1 aliphatic carbocycles. The normalized spacial score (nSPS) is 16.5. The predicted molar refractivity (Wildman–Crippen MR) is 149 cm³/mol. The van der Waals surface area contributed by atoms with Crippen molar-refractivity contribution in [3.8, 4) is 0 Å². The van der Waals surface area contributed by atoms with E-state index in [1.807, 2.05) is 36.4 Å². The first kappa shape index (κ1) is 20.3. The van der Waals surface area contributed by atoms with Gasteiger partial charge >= 0.3 is 7.19 Å². The minimum Gasteiger partial charge on any atom is -0.396 e. The van der Waals surface area contributed by atoms with Crippen molar-refractivity contribution in [3.05, 3.63) is 119 Å². The maximum atomic E-state index is 6.79. The molecule has 178 valence electrons. The molecule has 0 saturated carbocycles. The van der Waals surface area contributed by atoms with Crippen LogP contribution in [0.25, 0.3) is 21.5 Å². The van der Waals surface area contributed by atoms with Crippen LogP contribution in [0.15, 0.2) is 117 Å². The molecular weight excluding hydrogens is 471 g/mol. The molecule has 3 aromatic carbocycles. The maximum Gasteiger partial charge on any atom is 0.562 e. The SMILES string of the molecule is C1=CC(COB2n3c4c5ccccc5c3N=c3c5ccccc5c(n32)=NC2=NC(=N4)c3ccccc32)C=C1. The van der Waals surface area contributed by atoms with E-state index in [-0.39, 0.29) is 5.92 Å². The lowest BCUT2D eigenvalue weighted by Crippen LogP contribution is -2.50. The van der Waals surface area contributed by atoms with E-state index >= 15 is 0 Å². The minimum absolute atomic E-state index is 0.212. The lowest BCUT2D eigenvalue weighted by atomic mass is 9.97. The molecule has 0 N–H and O–H groups in total. The number of hydrogen-bond donors (Lipinski definition) is 0. The Morgan fingerprint density at radius 1 is 0.605 bits per heavy atom. The van der Waals surface area contributed by atoms with Gasteiger partial charge < -0.3 is 13.6 Å². The van der Waals surface area contributed by atoms with Gasteiger partial charge in [0.05, 0.1) is 0 Å². The lowest BCUT2D eigenvalue weighted by molar-refractivity contribution is 0.285. The molecule has 38 heavy (non-hydrogen) atoms. The zero-order chi connectivity index (χ0) is 24.8. The highest BCUT2D eigenvalue weighted by atomic mass is 16.5. The lowest BCUT2D eigenvalue weighted by Gasteiger charge is -2.23. The Bertz CT molecular complexity index is 2100. The number of fused-ring (bicyclic) bond motifs is 10. The Labute approximate surface area is 217 Å². The van der Waals surface area contributed by atoms with Gasteiger partial charge in [0.2, 0.25) is 0 Å². The van der Waals surface area contributed by atoms with Crippen LogP contribution in [-0.4, -0.2) is 34.4 Å². The largest absolute Gasteiger partial charge is 0.562 e. The van der Waals surface area contributed by atoms with Crippen molar-refractivity contribution in [1.29, 1.82) is 0 Å². The van der Waals surface area contributed by atoms with Crippen molar-refractivity contribution in [3.63, 3.8) is 0 Å².